The van der Waals surface area contributed by atoms with Crippen LogP contribution in [0.1, 0.15) is 45.7 Å². The van der Waals surface area contributed by atoms with E-state index >= 15 is 0 Å². The molecule has 0 unspecified atom stereocenters. The number of hydrogen-bond donors (Lipinski definition) is 0. The van der Waals surface area contributed by atoms with Crippen LogP contribution < -0.4 is 4.40 Å². The fraction of sp³-hybridized carbons (Fsp3) is 0.234. The molecule has 6 heteroatoms. The van der Waals surface area contributed by atoms with Crippen molar-refractivity contribution < 1.29 is 20.1 Å². The van der Waals surface area contributed by atoms with Gasteiger partial charge in [-0.05, 0) is 51.4 Å². The van der Waals surface area contributed by atoms with E-state index in [1.165, 1.54) is 31.3 Å². The predicted molar refractivity (Wildman–Crippen MR) is 227 cm³/mol. The van der Waals surface area contributed by atoms with Crippen molar-refractivity contribution in [3.8, 4) is 28.3 Å². The summed E-state index contributed by atoms with van der Waals surface area (Å²) >= 11 is -0.0313. The summed E-state index contributed by atoms with van der Waals surface area (Å²) in [7, 11) is 0. The SMILES string of the molecule is CC(C)(C)c1ccc(-n2c(-c3[c-]cc4c(c3)sc3ccccc34)nc3ccccc32)cc1.CC(C)Cc1cc(-c2[c-]cccc2)nc[c]1[Ge]([CH3])([CH3])[CH3].[Ir]. The van der Waals surface area contributed by atoms with E-state index in [2.05, 4.69) is 166 Å². The Bertz CT molecular complexity index is 2480. The van der Waals surface area contributed by atoms with Gasteiger partial charge in [0.25, 0.3) is 0 Å². The molecule has 0 spiro atoms. The minimum absolute atomic E-state index is 0. The van der Waals surface area contributed by atoms with Crippen molar-refractivity contribution in [2.45, 2.75) is 63.7 Å². The third-order valence-corrected chi connectivity index (χ3v) is 15.0. The van der Waals surface area contributed by atoms with Gasteiger partial charge in [0.05, 0.1) is 16.9 Å². The third-order valence-electron chi connectivity index (χ3n) is 9.51. The van der Waals surface area contributed by atoms with Gasteiger partial charge in [0.15, 0.2) is 0 Å². The zero-order chi connectivity index (χ0) is 36.6. The Labute approximate surface area is 335 Å². The molecular weight excluding hydrogens is 903 g/mol. The van der Waals surface area contributed by atoms with Gasteiger partial charge in [0, 0.05) is 30.5 Å². The molecule has 3 aromatic heterocycles. The van der Waals surface area contributed by atoms with Crippen LogP contribution in [0.3, 0.4) is 0 Å². The first-order valence-corrected chi connectivity index (χ1v) is 26.4. The monoisotopic (exact) mass is 952 g/mol. The smallest absolute Gasteiger partial charge is 0 e. The van der Waals surface area contributed by atoms with Crippen molar-refractivity contribution >= 4 is 60.2 Å². The summed E-state index contributed by atoms with van der Waals surface area (Å²) in [6.07, 6.45) is 3.27. The van der Waals surface area contributed by atoms with E-state index in [1.807, 2.05) is 35.6 Å². The Kier molecular flexibility index (Phi) is 11.6. The molecule has 1 radical (unpaired) electrons. The van der Waals surface area contributed by atoms with Crippen LogP contribution in [0.2, 0.25) is 17.3 Å². The van der Waals surface area contributed by atoms with Crippen molar-refractivity contribution in [3.63, 3.8) is 0 Å². The number of nitrogens with zero attached hydrogens (tertiary/aromatic N) is 3. The molecule has 0 aliphatic heterocycles. The minimum Gasteiger partial charge on any atom is 0 e. The predicted octanol–water partition coefficient (Wildman–Crippen LogP) is 12.4. The molecule has 5 aromatic carbocycles. The fourth-order valence-electron chi connectivity index (χ4n) is 6.85. The van der Waals surface area contributed by atoms with E-state index in [0.29, 0.717) is 5.92 Å². The molecule has 0 aliphatic carbocycles. The van der Waals surface area contributed by atoms with Crippen molar-refractivity contribution in [2.75, 3.05) is 0 Å². The zero-order valence-electron chi connectivity index (χ0n) is 31.9. The number of benzene rings is 5. The first kappa shape index (κ1) is 38.8. The zero-order valence-corrected chi connectivity index (χ0v) is 37.2. The van der Waals surface area contributed by atoms with Crippen molar-refractivity contribution in [2.24, 2.45) is 5.92 Å². The van der Waals surface area contributed by atoms with Crippen LogP contribution in [0.25, 0.3) is 59.5 Å². The standard InChI is InChI=1S/C29H23N2S.C18H24GeN.Ir/c1-29(2,3)20-13-15-21(16-14-20)31-25-10-6-5-9-24(25)30-28(31)19-12-17-23-22-8-4-7-11-26(22)32-27(23)18-19;1-14(2)11-16-12-18(15-9-7-6-8-10-15)20-13-17(16)19(3,4)5;/h4-11,13-18H,1-3H3;6-9,12-14H,11H2,1-5H3;/q2*-1;. The van der Waals surface area contributed by atoms with Crippen LogP contribution in [-0.4, -0.2) is 27.8 Å². The Morgan fingerprint density at radius 1 is 0.774 bits per heavy atom. The van der Waals surface area contributed by atoms with Crippen LogP contribution >= 0.6 is 11.3 Å². The topological polar surface area (TPSA) is 30.7 Å². The van der Waals surface area contributed by atoms with Gasteiger partial charge in [-0.2, -0.15) is 11.3 Å². The molecule has 0 N–H and O–H groups in total. The summed E-state index contributed by atoms with van der Waals surface area (Å²) in [5.41, 5.74) is 9.32. The molecule has 8 rings (SSSR count). The molecule has 3 heterocycles. The summed E-state index contributed by atoms with van der Waals surface area (Å²) in [4.78, 5) is 9.73. The summed E-state index contributed by atoms with van der Waals surface area (Å²) in [6, 6.07) is 47.3. The van der Waals surface area contributed by atoms with Gasteiger partial charge in [0.2, 0.25) is 0 Å². The van der Waals surface area contributed by atoms with Crippen LogP contribution in [0.15, 0.2) is 121 Å². The summed E-state index contributed by atoms with van der Waals surface area (Å²) in [6.45, 7) is 11.3. The number of fused-ring (bicyclic) bond motifs is 4. The molecule has 0 atom stereocenters. The Morgan fingerprint density at radius 2 is 1.49 bits per heavy atom. The van der Waals surface area contributed by atoms with E-state index in [-0.39, 0.29) is 25.5 Å². The normalized spacial score (nSPS) is 11.9. The first-order valence-electron chi connectivity index (χ1n) is 18.2. The maximum Gasteiger partial charge on any atom is 0 e. The average Bonchev–Trinajstić information content (AvgIpc) is 3.70. The second-order valence-corrected chi connectivity index (χ2v) is 27.8. The summed E-state index contributed by atoms with van der Waals surface area (Å²) in [5, 5.41) is 2.55. The maximum absolute atomic E-state index is 5.03. The molecular formula is C47H47GeIrN3S-2. The molecule has 0 saturated heterocycles. The number of thiophene rings is 1. The van der Waals surface area contributed by atoms with Crippen molar-refractivity contribution in [1.29, 1.82) is 0 Å². The van der Waals surface area contributed by atoms with Crippen LogP contribution in [0, 0.1) is 18.1 Å². The quantitative estimate of drug-likeness (QED) is 0.123. The van der Waals surface area contributed by atoms with Gasteiger partial charge in [-0.3, -0.25) is 4.98 Å². The average molecular weight is 951 g/mol. The van der Waals surface area contributed by atoms with Crippen LogP contribution in [0.4, 0.5) is 0 Å². The number of para-hydroxylation sites is 2. The minimum atomic E-state index is -1.86. The van der Waals surface area contributed by atoms with Gasteiger partial charge in [-0.1, -0.05) is 68.6 Å². The molecule has 0 fully saturated rings. The maximum atomic E-state index is 5.03. The molecule has 3 nitrogen and oxygen atoms in total. The molecule has 0 amide bonds. The number of hydrogen-bond acceptors (Lipinski definition) is 3. The van der Waals surface area contributed by atoms with Crippen molar-refractivity contribution in [1.82, 2.24) is 14.5 Å². The second kappa shape index (κ2) is 15.9. The third kappa shape index (κ3) is 8.45. The van der Waals surface area contributed by atoms with Crippen LogP contribution in [0.5, 0.6) is 0 Å². The Morgan fingerprint density at radius 3 is 2.19 bits per heavy atom. The molecule has 0 saturated carbocycles. The van der Waals surface area contributed by atoms with E-state index in [9.17, 15) is 0 Å². The molecule has 0 aliphatic rings. The molecule has 271 valence electrons. The van der Waals surface area contributed by atoms with Gasteiger partial charge >= 0.3 is 126 Å². The molecule has 0 bridgehead atoms. The molecule has 8 aromatic rings. The Balaban J connectivity index is 0.000000199. The van der Waals surface area contributed by atoms with E-state index in [1.54, 1.807) is 4.40 Å². The van der Waals surface area contributed by atoms with Crippen molar-refractivity contribution in [3.05, 3.63) is 145 Å². The van der Waals surface area contributed by atoms with Gasteiger partial charge < -0.3 is 4.57 Å². The summed E-state index contributed by atoms with van der Waals surface area (Å²) < 4.78 is 6.37. The number of imidazole rings is 1. The van der Waals surface area contributed by atoms with E-state index in [4.69, 9.17) is 9.97 Å². The van der Waals surface area contributed by atoms with Gasteiger partial charge in [-0.25, -0.2) is 0 Å². The van der Waals surface area contributed by atoms with Gasteiger partial charge in [-0.15, -0.1) is 23.8 Å². The van der Waals surface area contributed by atoms with E-state index < -0.39 is 13.3 Å². The Hall–Kier alpha value is -3.87. The summed E-state index contributed by atoms with van der Waals surface area (Å²) in [5.74, 6) is 8.92. The number of pyridine rings is 1. The molecule has 53 heavy (non-hydrogen) atoms. The van der Waals surface area contributed by atoms with Crippen LogP contribution in [-0.2, 0) is 31.9 Å². The number of aromatic nitrogens is 3. The fourth-order valence-corrected chi connectivity index (χ4v) is 11.3. The second-order valence-electron chi connectivity index (χ2n) is 16.1. The van der Waals surface area contributed by atoms with E-state index in [0.717, 1.165) is 45.8 Å². The number of rotatable bonds is 6. The first-order chi connectivity index (χ1) is 24.9. The largest absolute Gasteiger partial charge is 0 e. The van der Waals surface area contributed by atoms with Gasteiger partial charge in [0.1, 0.15) is 0 Å².